The van der Waals surface area contributed by atoms with Crippen LogP contribution in [0.2, 0.25) is 0 Å². The number of aromatic nitrogens is 1. The fourth-order valence-corrected chi connectivity index (χ4v) is 3.43. The van der Waals surface area contributed by atoms with Crippen LogP contribution in [0, 0.1) is 0 Å². The van der Waals surface area contributed by atoms with Gasteiger partial charge in [0.15, 0.2) is 0 Å². The molecule has 0 saturated heterocycles. The highest BCUT2D eigenvalue weighted by atomic mass is 32.1. The standard InChI is InChI=1S/C20H15N3OS/c24-18-11-10-15-8-4-5-9-17(15)19(18)22-23-20-21-13-16(25-20)12-14-6-2-1-3-7-14/h1-11,13,24H,12H2. The van der Waals surface area contributed by atoms with Crippen molar-refractivity contribution >= 4 is 32.9 Å². The van der Waals surface area contributed by atoms with Crippen molar-refractivity contribution < 1.29 is 5.11 Å². The summed E-state index contributed by atoms with van der Waals surface area (Å²) >= 11 is 1.51. The van der Waals surface area contributed by atoms with Gasteiger partial charge in [0.25, 0.3) is 0 Å². The van der Waals surface area contributed by atoms with Gasteiger partial charge in [-0.2, -0.15) is 0 Å². The summed E-state index contributed by atoms with van der Waals surface area (Å²) in [6, 6.07) is 21.5. The van der Waals surface area contributed by atoms with Crippen LogP contribution >= 0.6 is 11.3 Å². The molecule has 122 valence electrons. The highest BCUT2D eigenvalue weighted by Gasteiger charge is 2.07. The highest BCUT2D eigenvalue weighted by molar-refractivity contribution is 7.15. The molecule has 0 bridgehead atoms. The van der Waals surface area contributed by atoms with Crippen LogP contribution < -0.4 is 0 Å². The van der Waals surface area contributed by atoms with E-state index >= 15 is 0 Å². The fourth-order valence-electron chi connectivity index (χ4n) is 2.66. The highest BCUT2D eigenvalue weighted by Crippen LogP contribution is 2.36. The summed E-state index contributed by atoms with van der Waals surface area (Å²) in [4.78, 5) is 5.44. The molecule has 0 aliphatic carbocycles. The average Bonchev–Trinajstić information content (AvgIpc) is 3.09. The smallest absolute Gasteiger partial charge is 0.230 e. The Morgan fingerprint density at radius 3 is 2.56 bits per heavy atom. The molecule has 5 heteroatoms. The van der Waals surface area contributed by atoms with Gasteiger partial charge in [0.05, 0.1) is 0 Å². The molecule has 0 amide bonds. The molecule has 1 aromatic heterocycles. The number of fused-ring (bicyclic) bond motifs is 1. The normalized spacial score (nSPS) is 11.4. The van der Waals surface area contributed by atoms with E-state index in [1.165, 1.54) is 16.9 Å². The minimum absolute atomic E-state index is 0.114. The number of phenolic OH excluding ortho intramolecular Hbond substituents is 1. The maximum atomic E-state index is 10.1. The van der Waals surface area contributed by atoms with Crippen LogP contribution in [0.3, 0.4) is 0 Å². The van der Waals surface area contributed by atoms with Gasteiger partial charge in [-0.3, -0.25) is 0 Å². The number of benzene rings is 3. The van der Waals surface area contributed by atoms with Crippen LogP contribution in [0.1, 0.15) is 10.4 Å². The number of rotatable bonds is 4. The van der Waals surface area contributed by atoms with Crippen LogP contribution in [0.5, 0.6) is 5.75 Å². The molecule has 0 fully saturated rings. The third kappa shape index (κ3) is 3.41. The van der Waals surface area contributed by atoms with Gasteiger partial charge >= 0.3 is 0 Å². The number of nitrogens with zero attached hydrogens (tertiary/aromatic N) is 3. The Balaban J connectivity index is 1.60. The zero-order valence-corrected chi connectivity index (χ0v) is 14.1. The number of phenols is 1. The molecule has 4 rings (SSSR count). The SMILES string of the molecule is Oc1ccc2ccccc2c1N=Nc1ncc(Cc2ccccc2)s1. The second-order valence-corrected chi connectivity index (χ2v) is 6.72. The number of azo groups is 1. The van der Waals surface area contributed by atoms with Gasteiger partial charge in [-0.05, 0) is 17.0 Å². The lowest BCUT2D eigenvalue weighted by atomic mass is 10.1. The summed E-state index contributed by atoms with van der Waals surface area (Å²) in [6.07, 6.45) is 2.66. The van der Waals surface area contributed by atoms with Crippen molar-refractivity contribution in [3.05, 3.63) is 83.4 Å². The van der Waals surface area contributed by atoms with Gasteiger partial charge in [-0.25, -0.2) is 4.98 Å². The van der Waals surface area contributed by atoms with Gasteiger partial charge in [-0.15, -0.1) is 10.2 Å². The largest absolute Gasteiger partial charge is 0.506 e. The summed E-state index contributed by atoms with van der Waals surface area (Å²) in [6.45, 7) is 0. The molecule has 0 aliphatic heterocycles. The van der Waals surface area contributed by atoms with E-state index in [9.17, 15) is 5.11 Å². The third-order valence-electron chi connectivity index (χ3n) is 3.88. The molecular formula is C20H15N3OS. The van der Waals surface area contributed by atoms with Gasteiger partial charge in [0.1, 0.15) is 11.4 Å². The molecule has 4 nitrogen and oxygen atoms in total. The summed E-state index contributed by atoms with van der Waals surface area (Å²) in [5.41, 5.74) is 1.71. The van der Waals surface area contributed by atoms with E-state index in [0.29, 0.717) is 10.8 Å². The summed E-state index contributed by atoms with van der Waals surface area (Å²) in [5, 5.41) is 21.0. The third-order valence-corrected chi connectivity index (χ3v) is 4.76. The van der Waals surface area contributed by atoms with Crippen LogP contribution in [0.15, 0.2) is 83.2 Å². The van der Waals surface area contributed by atoms with E-state index in [-0.39, 0.29) is 5.75 Å². The predicted octanol–water partition coefficient (Wildman–Crippen LogP) is 6.01. The zero-order chi connectivity index (χ0) is 17.1. The van der Waals surface area contributed by atoms with E-state index in [0.717, 1.165) is 22.1 Å². The molecule has 25 heavy (non-hydrogen) atoms. The maximum Gasteiger partial charge on any atom is 0.230 e. The molecule has 0 unspecified atom stereocenters. The molecule has 1 heterocycles. The Hall–Kier alpha value is -3.05. The van der Waals surface area contributed by atoms with Crippen molar-refractivity contribution in [2.24, 2.45) is 10.2 Å². The molecule has 0 atom stereocenters. The van der Waals surface area contributed by atoms with Crippen molar-refractivity contribution in [1.82, 2.24) is 4.98 Å². The molecule has 4 aromatic rings. The lowest BCUT2D eigenvalue weighted by molar-refractivity contribution is 0.477. The average molecular weight is 345 g/mol. The van der Waals surface area contributed by atoms with Crippen molar-refractivity contribution in [1.29, 1.82) is 0 Å². The molecule has 1 N–H and O–H groups in total. The molecule has 0 radical (unpaired) electrons. The quantitative estimate of drug-likeness (QED) is 0.461. The summed E-state index contributed by atoms with van der Waals surface area (Å²) in [5.74, 6) is 0.114. The van der Waals surface area contributed by atoms with E-state index in [1.807, 2.05) is 54.7 Å². The van der Waals surface area contributed by atoms with Crippen LogP contribution in [0.25, 0.3) is 10.8 Å². The lowest BCUT2D eigenvalue weighted by Gasteiger charge is -2.02. The van der Waals surface area contributed by atoms with Gasteiger partial charge in [0, 0.05) is 22.9 Å². The molecule has 3 aromatic carbocycles. The Morgan fingerprint density at radius 1 is 0.880 bits per heavy atom. The number of aromatic hydroxyl groups is 1. The van der Waals surface area contributed by atoms with Gasteiger partial charge in [-0.1, -0.05) is 72.0 Å². The first-order valence-corrected chi connectivity index (χ1v) is 8.72. The molecular weight excluding hydrogens is 330 g/mol. The zero-order valence-electron chi connectivity index (χ0n) is 13.3. The number of thiazole rings is 1. The predicted molar refractivity (Wildman–Crippen MR) is 101 cm³/mol. The first-order valence-electron chi connectivity index (χ1n) is 7.91. The second kappa shape index (κ2) is 6.83. The second-order valence-electron chi connectivity index (χ2n) is 5.63. The monoisotopic (exact) mass is 345 g/mol. The maximum absolute atomic E-state index is 10.1. The fraction of sp³-hybridized carbons (Fsp3) is 0.0500. The van der Waals surface area contributed by atoms with Crippen molar-refractivity contribution in [3.63, 3.8) is 0 Å². The van der Waals surface area contributed by atoms with Crippen LogP contribution in [-0.4, -0.2) is 10.1 Å². The Bertz CT molecular complexity index is 1040. The van der Waals surface area contributed by atoms with E-state index in [1.54, 1.807) is 6.07 Å². The molecule has 0 saturated carbocycles. The summed E-state index contributed by atoms with van der Waals surface area (Å²) in [7, 11) is 0. The van der Waals surface area contributed by atoms with Crippen molar-refractivity contribution in [3.8, 4) is 5.75 Å². The van der Waals surface area contributed by atoms with Crippen molar-refractivity contribution in [2.75, 3.05) is 0 Å². The van der Waals surface area contributed by atoms with Crippen molar-refractivity contribution in [2.45, 2.75) is 6.42 Å². The Morgan fingerprint density at radius 2 is 1.68 bits per heavy atom. The number of hydrogen-bond donors (Lipinski definition) is 1. The van der Waals surface area contributed by atoms with E-state index < -0.39 is 0 Å². The van der Waals surface area contributed by atoms with E-state index in [4.69, 9.17) is 0 Å². The van der Waals surface area contributed by atoms with Gasteiger partial charge < -0.3 is 5.11 Å². The minimum Gasteiger partial charge on any atom is -0.506 e. The first-order chi connectivity index (χ1) is 12.3. The van der Waals surface area contributed by atoms with Crippen LogP contribution in [-0.2, 0) is 6.42 Å². The first kappa shape index (κ1) is 15.5. The number of hydrogen-bond acceptors (Lipinski definition) is 5. The van der Waals surface area contributed by atoms with E-state index in [2.05, 4.69) is 27.3 Å². The van der Waals surface area contributed by atoms with Gasteiger partial charge in [0.2, 0.25) is 5.13 Å². The Labute approximate surface area is 149 Å². The molecule has 0 aliphatic rings. The lowest BCUT2D eigenvalue weighted by Crippen LogP contribution is -1.82. The molecule has 0 spiro atoms. The minimum atomic E-state index is 0.114. The Kier molecular flexibility index (Phi) is 4.23. The summed E-state index contributed by atoms with van der Waals surface area (Å²) < 4.78 is 0. The van der Waals surface area contributed by atoms with Crippen LogP contribution in [0.4, 0.5) is 10.8 Å². The topological polar surface area (TPSA) is 57.8 Å².